The van der Waals surface area contributed by atoms with Gasteiger partial charge in [0.1, 0.15) is 11.9 Å². The summed E-state index contributed by atoms with van der Waals surface area (Å²) in [5.41, 5.74) is 5.12. The van der Waals surface area contributed by atoms with Gasteiger partial charge >= 0.3 is 5.97 Å². The van der Waals surface area contributed by atoms with Crippen molar-refractivity contribution in [3.05, 3.63) is 75.4 Å². The summed E-state index contributed by atoms with van der Waals surface area (Å²) >= 11 is 6.66. The van der Waals surface area contributed by atoms with Crippen molar-refractivity contribution in [3.63, 3.8) is 0 Å². The number of halogens is 1. The summed E-state index contributed by atoms with van der Waals surface area (Å²) in [5.74, 6) is -0.690. The van der Waals surface area contributed by atoms with Crippen LogP contribution in [0.1, 0.15) is 35.4 Å². The molecule has 0 fully saturated rings. The minimum atomic E-state index is -1.14. The number of anilines is 1. The first-order valence-electron chi connectivity index (χ1n) is 10.8. The first-order valence-corrected chi connectivity index (χ1v) is 12.1. The van der Waals surface area contributed by atoms with E-state index in [0.29, 0.717) is 5.69 Å². The highest BCUT2D eigenvalue weighted by atomic mass is 35.5. The lowest BCUT2D eigenvalue weighted by Gasteiger charge is -2.17. The number of aromatic nitrogens is 2. The van der Waals surface area contributed by atoms with Crippen molar-refractivity contribution >= 4 is 41.1 Å². The van der Waals surface area contributed by atoms with E-state index in [1.54, 1.807) is 12.3 Å². The number of thioether (sulfide) groups is 1. The predicted octanol–water partition coefficient (Wildman–Crippen LogP) is 4.08. The summed E-state index contributed by atoms with van der Waals surface area (Å²) in [6, 6.07) is 6.90. The van der Waals surface area contributed by atoms with Gasteiger partial charge in [-0.3, -0.25) is 9.78 Å². The van der Waals surface area contributed by atoms with Crippen molar-refractivity contribution in [3.8, 4) is 0 Å². The summed E-state index contributed by atoms with van der Waals surface area (Å²) in [6.07, 6.45) is 6.73. The van der Waals surface area contributed by atoms with Crippen LogP contribution in [-0.2, 0) is 35.3 Å². The SMILES string of the molecule is C=CS/C(=C/Cl)C(=O)NC(Cc1ccc(CCCc2ccc3c(n2)NCCC3)cn1)C(=O)O. The van der Waals surface area contributed by atoms with Gasteiger partial charge in [-0.25, -0.2) is 9.78 Å². The van der Waals surface area contributed by atoms with Crippen LogP contribution in [-0.4, -0.2) is 39.5 Å². The number of hydrogen-bond acceptors (Lipinski definition) is 6. The minimum absolute atomic E-state index is 0.0712. The minimum Gasteiger partial charge on any atom is -0.480 e. The number of pyridine rings is 2. The molecule has 0 bridgehead atoms. The molecule has 0 aliphatic carbocycles. The Bertz CT molecular complexity index is 1030. The lowest BCUT2D eigenvalue weighted by molar-refractivity contribution is -0.141. The molecule has 9 heteroatoms. The Kier molecular flexibility index (Phi) is 9.33. The number of aliphatic carboxylic acids is 1. The van der Waals surface area contributed by atoms with Crippen LogP contribution in [0.2, 0.25) is 0 Å². The van der Waals surface area contributed by atoms with E-state index >= 15 is 0 Å². The largest absolute Gasteiger partial charge is 0.480 e. The maximum absolute atomic E-state index is 12.2. The third-order valence-electron chi connectivity index (χ3n) is 5.29. The number of carboxylic acid groups (broad SMARTS) is 1. The first-order chi connectivity index (χ1) is 16.0. The fourth-order valence-electron chi connectivity index (χ4n) is 3.56. The van der Waals surface area contributed by atoms with Gasteiger partial charge in [-0.15, -0.1) is 0 Å². The zero-order chi connectivity index (χ0) is 23.6. The number of nitrogens with zero attached hydrogens (tertiary/aromatic N) is 2. The van der Waals surface area contributed by atoms with Gasteiger partial charge in [-0.1, -0.05) is 42.1 Å². The number of carbonyl (C=O) groups excluding carboxylic acids is 1. The van der Waals surface area contributed by atoms with Crippen LogP contribution in [0.25, 0.3) is 0 Å². The highest BCUT2D eigenvalue weighted by Crippen LogP contribution is 2.21. The molecule has 0 radical (unpaired) electrons. The number of rotatable bonds is 11. The highest BCUT2D eigenvalue weighted by molar-refractivity contribution is 8.06. The zero-order valence-corrected chi connectivity index (χ0v) is 19.8. The summed E-state index contributed by atoms with van der Waals surface area (Å²) in [4.78, 5) is 33.1. The van der Waals surface area contributed by atoms with Crippen LogP contribution < -0.4 is 10.6 Å². The van der Waals surface area contributed by atoms with E-state index in [9.17, 15) is 14.7 Å². The molecule has 0 saturated carbocycles. The number of fused-ring (bicyclic) bond motifs is 1. The lowest BCUT2D eigenvalue weighted by atomic mass is 10.0. The second-order valence-corrected chi connectivity index (χ2v) is 8.91. The van der Waals surface area contributed by atoms with E-state index in [0.717, 1.165) is 73.0 Å². The van der Waals surface area contributed by atoms with Gasteiger partial charge in [-0.05, 0) is 60.8 Å². The zero-order valence-electron chi connectivity index (χ0n) is 18.2. The van der Waals surface area contributed by atoms with Crippen molar-refractivity contribution in [1.29, 1.82) is 0 Å². The van der Waals surface area contributed by atoms with Gasteiger partial charge in [0.15, 0.2) is 0 Å². The van der Waals surface area contributed by atoms with Crippen LogP contribution >= 0.6 is 23.4 Å². The van der Waals surface area contributed by atoms with Gasteiger partial charge in [0.05, 0.1) is 4.91 Å². The van der Waals surface area contributed by atoms with Crippen molar-refractivity contribution in [2.24, 2.45) is 0 Å². The summed E-state index contributed by atoms with van der Waals surface area (Å²) in [6.45, 7) is 4.51. The van der Waals surface area contributed by atoms with Crippen molar-refractivity contribution in [2.75, 3.05) is 11.9 Å². The third kappa shape index (κ3) is 7.33. The standard InChI is InChI=1S/C24H27ClN4O3S/c1-2-33-21(14-25)23(30)29-20(24(31)32)13-19-10-8-16(15-27-19)5-3-7-18-11-9-17-6-4-12-26-22(17)28-18/h2,8-11,14-15,20H,1,3-7,12-13H2,(H,26,28)(H,29,30)(H,31,32)/b21-14+. The second kappa shape index (κ2) is 12.4. The number of carboxylic acids is 1. The number of carbonyl (C=O) groups is 2. The highest BCUT2D eigenvalue weighted by Gasteiger charge is 2.22. The number of aryl methyl sites for hydroxylation is 3. The third-order valence-corrected chi connectivity index (χ3v) is 6.36. The number of nitrogens with one attached hydrogen (secondary N) is 2. The molecule has 1 atom stereocenters. The average Bonchev–Trinajstić information content (AvgIpc) is 2.83. The summed E-state index contributed by atoms with van der Waals surface area (Å²) in [7, 11) is 0. The van der Waals surface area contributed by atoms with Gasteiger partial charge in [-0.2, -0.15) is 0 Å². The van der Waals surface area contributed by atoms with Crippen molar-refractivity contribution < 1.29 is 14.7 Å². The molecule has 3 rings (SSSR count). The molecule has 1 aliphatic heterocycles. The first kappa shape index (κ1) is 24.8. The van der Waals surface area contributed by atoms with Crippen molar-refractivity contribution in [2.45, 2.75) is 44.6 Å². The molecule has 3 heterocycles. The number of amides is 1. The fourth-order valence-corrected chi connectivity index (χ4v) is 4.21. The van der Waals surface area contributed by atoms with Gasteiger partial charge in [0.25, 0.3) is 5.91 Å². The summed E-state index contributed by atoms with van der Waals surface area (Å²) < 4.78 is 0. The smallest absolute Gasteiger partial charge is 0.326 e. The maximum Gasteiger partial charge on any atom is 0.326 e. The Balaban J connectivity index is 1.51. The quantitative estimate of drug-likeness (QED) is 0.411. The molecular formula is C24H27ClN4O3S. The van der Waals surface area contributed by atoms with Gasteiger partial charge < -0.3 is 15.7 Å². The van der Waals surface area contributed by atoms with Crippen LogP contribution in [0, 0.1) is 0 Å². The topological polar surface area (TPSA) is 104 Å². The Hall–Kier alpha value is -2.84. The van der Waals surface area contributed by atoms with E-state index in [4.69, 9.17) is 16.6 Å². The Morgan fingerprint density at radius 1 is 1.27 bits per heavy atom. The number of hydrogen-bond donors (Lipinski definition) is 3. The Labute approximate surface area is 202 Å². The Morgan fingerprint density at radius 2 is 2.09 bits per heavy atom. The predicted molar refractivity (Wildman–Crippen MR) is 132 cm³/mol. The summed E-state index contributed by atoms with van der Waals surface area (Å²) in [5, 5.41) is 16.8. The Morgan fingerprint density at radius 3 is 2.79 bits per heavy atom. The molecule has 33 heavy (non-hydrogen) atoms. The molecule has 1 unspecified atom stereocenters. The van der Waals surface area contributed by atoms with E-state index in [2.05, 4.69) is 34.3 Å². The molecule has 3 N–H and O–H groups in total. The molecule has 2 aromatic rings. The van der Waals surface area contributed by atoms with Crippen LogP contribution in [0.5, 0.6) is 0 Å². The molecule has 7 nitrogen and oxygen atoms in total. The fraction of sp³-hybridized carbons (Fsp3) is 0.333. The van der Waals surface area contributed by atoms with E-state index in [-0.39, 0.29) is 11.3 Å². The maximum atomic E-state index is 12.2. The van der Waals surface area contributed by atoms with Crippen LogP contribution in [0.3, 0.4) is 0 Å². The lowest BCUT2D eigenvalue weighted by Crippen LogP contribution is -2.42. The normalized spacial score (nSPS) is 14.0. The van der Waals surface area contributed by atoms with E-state index in [1.807, 2.05) is 6.07 Å². The van der Waals surface area contributed by atoms with Gasteiger partial charge in [0, 0.05) is 36.1 Å². The second-order valence-electron chi connectivity index (χ2n) is 7.68. The molecule has 174 valence electrons. The van der Waals surface area contributed by atoms with Gasteiger partial charge in [0.2, 0.25) is 0 Å². The molecule has 0 aromatic carbocycles. The van der Waals surface area contributed by atoms with E-state index in [1.165, 1.54) is 11.0 Å². The van der Waals surface area contributed by atoms with Crippen LogP contribution in [0.15, 0.2) is 52.9 Å². The average molecular weight is 487 g/mol. The monoisotopic (exact) mass is 486 g/mol. The molecule has 0 saturated heterocycles. The van der Waals surface area contributed by atoms with Crippen LogP contribution in [0.4, 0.5) is 5.82 Å². The molecular weight excluding hydrogens is 460 g/mol. The molecule has 1 aliphatic rings. The molecule has 0 spiro atoms. The van der Waals surface area contributed by atoms with Crippen molar-refractivity contribution in [1.82, 2.24) is 15.3 Å². The molecule has 1 amide bonds. The van der Waals surface area contributed by atoms with E-state index < -0.39 is 17.9 Å². The molecule has 2 aromatic heterocycles.